The maximum Gasteiger partial charge on any atom is 0.137 e. The first-order chi connectivity index (χ1) is 6.88. The van der Waals surface area contributed by atoms with Gasteiger partial charge in [-0.1, -0.05) is 34.1 Å². The molecular formula is C12H20N2. The zero-order chi connectivity index (χ0) is 10.8. The number of aromatic amines is 1. The quantitative estimate of drug-likeness (QED) is 0.671. The van der Waals surface area contributed by atoms with Crippen molar-refractivity contribution in [1.82, 2.24) is 9.97 Å². The van der Waals surface area contributed by atoms with Crippen LogP contribution in [-0.4, -0.2) is 9.97 Å². The molecule has 0 amide bonds. The highest BCUT2D eigenvalue weighted by atomic mass is 14.8. The van der Waals surface area contributed by atoms with E-state index < -0.39 is 0 Å². The van der Waals surface area contributed by atoms with Gasteiger partial charge in [0.1, 0.15) is 5.65 Å². The van der Waals surface area contributed by atoms with Crippen LogP contribution in [0.15, 0.2) is 30.6 Å². The summed E-state index contributed by atoms with van der Waals surface area (Å²) in [6.45, 7) is 8.25. The number of nitrogens with one attached hydrogen (secondary N) is 1. The number of fused-ring (bicyclic) bond motifs is 1. The highest BCUT2D eigenvalue weighted by Crippen LogP contribution is 2.05. The molecule has 0 aliphatic rings. The summed E-state index contributed by atoms with van der Waals surface area (Å²) >= 11 is 0. The molecule has 0 aliphatic carbocycles. The van der Waals surface area contributed by atoms with Crippen LogP contribution in [0, 0.1) is 0 Å². The second-order valence-corrected chi connectivity index (χ2v) is 2.63. The van der Waals surface area contributed by atoms with Crippen molar-refractivity contribution in [2.45, 2.75) is 34.1 Å². The fraction of sp³-hybridized carbons (Fsp3) is 0.417. The van der Waals surface area contributed by atoms with Gasteiger partial charge < -0.3 is 4.98 Å². The first-order valence-corrected chi connectivity index (χ1v) is 5.26. The molecule has 0 fully saturated rings. The molecule has 0 radical (unpaired) electrons. The molecule has 0 bridgehead atoms. The van der Waals surface area contributed by atoms with E-state index in [0.717, 1.165) is 11.0 Å². The normalized spacial score (nSPS) is 8.29. The van der Waals surface area contributed by atoms with Crippen LogP contribution in [0.25, 0.3) is 11.0 Å². The van der Waals surface area contributed by atoms with Crippen molar-refractivity contribution in [2.24, 2.45) is 0 Å². The first-order valence-electron chi connectivity index (χ1n) is 5.26. The predicted octanol–water partition coefficient (Wildman–Crippen LogP) is 4.01. The van der Waals surface area contributed by atoms with Gasteiger partial charge in [-0.2, -0.15) is 0 Å². The van der Waals surface area contributed by atoms with Crippen LogP contribution in [0.5, 0.6) is 0 Å². The van der Waals surface area contributed by atoms with Gasteiger partial charge in [0, 0.05) is 17.8 Å². The summed E-state index contributed by atoms with van der Waals surface area (Å²) in [6, 6.07) is 5.96. The van der Waals surface area contributed by atoms with E-state index in [2.05, 4.69) is 23.8 Å². The third-order valence-corrected chi connectivity index (χ3v) is 1.32. The van der Waals surface area contributed by atoms with Gasteiger partial charge in [-0.15, -0.1) is 0 Å². The second kappa shape index (κ2) is 8.30. The Morgan fingerprint density at radius 1 is 1.21 bits per heavy atom. The van der Waals surface area contributed by atoms with Gasteiger partial charge in [0.25, 0.3) is 0 Å². The average Bonchev–Trinajstić information content (AvgIpc) is 2.69. The van der Waals surface area contributed by atoms with E-state index in [1.54, 1.807) is 6.20 Å². The van der Waals surface area contributed by atoms with Crippen LogP contribution < -0.4 is 0 Å². The summed E-state index contributed by atoms with van der Waals surface area (Å²) in [5.74, 6) is 0. The Morgan fingerprint density at radius 3 is 2.43 bits per heavy atom. The molecule has 2 nitrogen and oxygen atoms in total. The molecule has 0 aromatic carbocycles. The van der Waals surface area contributed by atoms with Crippen molar-refractivity contribution in [1.29, 1.82) is 0 Å². The van der Waals surface area contributed by atoms with Gasteiger partial charge in [-0.25, -0.2) is 4.98 Å². The minimum atomic E-state index is 0.956. The van der Waals surface area contributed by atoms with Gasteiger partial charge >= 0.3 is 0 Å². The van der Waals surface area contributed by atoms with Gasteiger partial charge in [0.05, 0.1) is 0 Å². The maximum atomic E-state index is 4.09. The molecule has 2 aromatic heterocycles. The lowest BCUT2D eigenvalue weighted by Gasteiger charge is -1.82. The molecule has 0 aliphatic heterocycles. The fourth-order valence-corrected chi connectivity index (χ4v) is 0.883. The van der Waals surface area contributed by atoms with Crippen LogP contribution in [0.3, 0.4) is 0 Å². The molecule has 2 heterocycles. The first kappa shape index (κ1) is 12.7. The summed E-state index contributed by atoms with van der Waals surface area (Å²) in [7, 11) is 0. The predicted molar refractivity (Wildman–Crippen MR) is 63.4 cm³/mol. The Kier molecular flexibility index (Phi) is 7.52. The zero-order valence-corrected chi connectivity index (χ0v) is 9.54. The number of hydrogen-bond acceptors (Lipinski definition) is 1. The van der Waals surface area contributed by atoms with Gasteiger partial charge in [0.15, 0.2) is 0 Å². The molecule has 78 valence electrons. The monoisotopic (exact) mass is 192 g/mol. The van der Waals surface area contributed by atoms with E-state index in [9.17, 15) is 0 Å². The molecule has 2 rings (SSSR count). The Morgan fingerprint density at radius 2 is 1.86 bits per heavy atom. The van der Waals surface area contributed by atoms with E-state index in [0.29, 0.717) is 0 Å². The highest BCUT2D eigenvalue weighted by Gasteiger charge is 1.88. The van der Waals surface area contributed by atoms with Crippen molar-refractivity contribution in [2.75, 3.05) is 0 Å². The fourth-order valence-electron chi connectivity index (χ4n) is 0.883. The molecule has 0 saturated carbocycles. The summed E-state index contributed by atoms with van der Waals surface area (Å²) < 4.78 is 0. The van der Waals surface area contributed by atoms with Crippen molar-refractivity contribution in [3.05, 3.63) is 30.6 Å². The van der Waals surface area contributed by atoms with E-state index >= 15 is 0 Å². The topological polar surface area (TPSA) is 28.7 Å². The largest absolute Gasteiger partial charge is 0.346 e. The molecule has 2 heteroatoms. The van der Waals surface area contributed by atoms with Crippen LogP contribution in [0.4, 0.5) is 0 Å². The van der Waals surface area contributed by atoms with Gasteiger partial charge in [-0.3, -0.25) is 0 Å². The molecular weight excluding hydrogens is 172 g/mol. The van der Waals surface area contributed by atoms with E-state index in [-0.39, 0.29) is 0 Å². The smallest absolute Gasteiger partial charge is 0.137 e. The Bertz CT molecular complexity index is 295. The minimum absolute atomic E-state index is 0.956. The summed E-state index contributed by atoms with van der Waals surface area (Å²) in [5, 5.41) is 1.16. The van der Waals surface area contributed by atoms with E-state index in [1.165, 1.54) is 6.42 Å². The molecule has 0 saturated heterocycles. The number of nitrogens with zero attached hydrogens (tertiary/aromatic N) is 1. The van der Waals surface area contributed by atoms with Crippen molar-refractivity contribution < 1.29 is 0 Å². The van der Waals surface area contributed by atoms with Gasteiger partial charge in [-0.05, 0) is 18.2 Å². The summed E-state index contributed by atoms with van der Waals surface area (Å²) in [4.78, 5) is 7.09. The Balaban J connectivity index is 0.000000294. The Hall–Kier alpha value is -1.31. The van der Waals surface area contributed by atoms with Crippen molar-refractivity contribution in [3.63, 3.8) is 0 Å². The minimum Gasteiger partial charge on any atom is -0.346 e. The average molecular weight is 192 g/mol. The molecule has 14 heavy (non-hydrogen) atoms. The molecule has 2 aromatic rings. The number of rotatable bonds is 0. The van der Waals surface area contributed by atoms with Crippen LogP contribution in [0.1, 0.15) is 34.1 Å². The Labute approximate surface area is 86.4 Å². The molecule has 0 spiro atoms. The van der Waals surface area contributed by atoms with Crippen LogP contribution in [-0.2, 0) is 0 Å². The molecule has 0 unspecified atom stereocenters. The lowest BCUT2D eigenvalue weighted by Crippen LogP contribution is -1.70. The summed E-state index contributed by atoms with van der Waals surface area (Å²) in [6.07, 6.45) is 4.91. The summed E-state index contributed by atoms with van der Waals surface area (Å²) in [5.41, 5.74) is 0.956. The SMILES string of the molecule is CC.CCC.c1cnc2[nH]ccc2c1. The van der Waals surface area contributed by atoms with E-state index in [1.807, 2.05) is 38.2 Å². The molecule has 0 atom stereocenters. The van der Waals surface area contributed by atoms with Crippen molar-refractivity contribution in [3.8, 4) is 0 Å². The lowest BCUT2D eigenvalue weighted by atomic mass is 10.3. The standard InChI is InChI=1S/C7H6N2.C3H8.C2H6/c1-2-6-3-5-9-7(6)8-4-1;1-3-2;1-2/h1-5H,(H,8,9);3H2,1-2H3;1-2H3. The third kappa shape index (κ3) is 4.08. The second-order valence-electron chi connectivity index (χ2n) is 2.63. The zero-order valence-electron chi connectivity index (χ0n) is 9.54. The lowest BCUT2D eigenvalue weighted by molar-refractivity contribution is 1.09. The molecule has 1 N–H and O–H groups in total. The van der Waals surface area contributed by atoms with E-state index in [4.69, 9.17) is 0 Å². The van der Waals surface area contributed by atoms with Crippen LogP contribution >= 0.6 is 0 Å². The third-order valence-electron chi connectivity index (χ3n) is 1.32. The van der Waals surface area contributed by atoms with Crippen molar-refractivity contribution >= 4 is 11.0 Å². The maximum absolute atomic E-state index is 4.09. The number of pyridine rings is 1. The number of aromatic nitrogens is 2. The number of H-pyrrole nitrogens is 1. The van der Waals surface area contributed by atoms with Crippen LogP contribution in [0.2, 0.25) is 0 Å². The number of hydrogen-bond donors (Lipinski definition) is 1. The van der Waals surface area contributed by atoms with Gasteiger partial charge in [0.2, 0.25) is 0 Å². The highest BCUT2D eigenvalue weighted by molar-refractivity contribution is 5.74.